The predicted octanol–water partition coefficient (Wildman–Crippen LogP) is 5.47. The highest BCUT2D eigenvalue weighted by Crippen LogP contribution is 2.45. The van der Waals surface area contributed by atoms with Crippen molar-refractivity contribution in [2.75, 3.05) is 44.2 Å². The molecule has 1 atom stereocenters. The van der Waals surface area contributed by atoms with Gasteiger partial charge in [-0.1, -0.05) is 35.3 Å². The van der Waals surface area contributed by atoms with Crippen molar-refractivity contribution in [1.82, 2.24) is 0 Å². The summed E-state index contributed by atoms with van der Waals surface area (Å²) in [6.45, 7) is 0.783. The number of rotatable bonds is 5. The van der Waals surface area contributed by atoms with Gasteiger partial charge in [0.05, 0.1) is 28.8 Å². The van der Waals surface area contributed by atoms with Crippen molar-refractivity contribution in [1.29, 1.82) is 0 Å². The Morgan fingerprint density at radius 2 is 1.61 bits per heavy atom. The van der Waals surface area contributed by atoms with Crippen LogP contribution in [-0.4, -0.2) is 51.2 Å². The highest BCUT2D eigenvalue weighted by molar-refractivity contribution is 6.51. The topological polar surface area (TPSA) is 88.5 Å². The number of ketones is 1. The molecule has 0 bridgehead atoms. The van der Waals surface area contributed by atoms with Crippen molar-refractivity contribution in [3.05, 3.63) is 81.3 Å². The summed E-state index contributed by atoms with van der Waals surface area (Å²) < 4.78 is 16.5. The quantitative estimate of drug-likeness (QED) is 0.254. The number of carbonyl (C=O) groups excluding carboxylic acids is 2. The fraction of sp³-hybridized carbons (Fsp3) is 0.214. The van der Waals surface area contributed by atoms with Crippen LogP contribution in [0, 0.1) is 0 Å². The minimum absolute atomic E-state index is 0.0974. The molecule has 3 aromatic carbocycles. The number of hydrogen-bond acceptors (Lipinski definition) is 7. The number of nitrogens with zero attached hydrogens (tertiary/aromatic N) is 2. The van der Waals surface area contributed by atoms with Crippen molar-refractivity contribution >= 4 is 52.0 Å². The number of methoxy groups -OCH3 is 1. The van der Waals surface area contributed by atoms with E-state index in [0.29, 0.717) is 36.0 Å². The summed E-state index contributed by atoms with van der Waals surface area (Å²) in [4.78, 5) is 30.3. The monoisotopic (exact) mass is 554 g/mol. The highest BCUT2D eigenvalue weighted by atomic mass is 35.5. The largest absolute Gasteiger partial charge is 0.507 e. The number of amides is 1. The highest BCUT2D eigenvalue weighted by Gasteiger charge is 2.47. The number of aliphatic hydroxyl groups is 1. The number of ether oxygens (including phenoxy) is 3. The molecule has 0 aliphatic carbocycles. The second-order valence-electron chi connectivity index (χ2n) is 8.96. The Morgan fingerprint density at radius 1 is 0.974 bits per heavy atom. The molecule has 0 spiro atoms. The zero-order valence-corrected chi connectivity index (χ0v) is 22.3. The summed E-state index contributed by atoms with van der Waals surface area (Å²) in [5, 5.41) is 11.7. The maximum Gasteiger partial charge on any atom is 0.300 e. The van der Waals surface area contributed by atoms with E-state index in [1.54, 1.807) is 18.2 Å². The van der Waals surface area contributed by atoms with Gasteiger partial charge in [0.1, 0.15) is 19.0 Å². The molecule has 0 aromatic heterocycles. The first-order chi connectivity index (χ1) is 18.2. The fourth-order valence-corrected chi connectivity index (χ4v) is 5.24. The van der Waals surface area contributed by atoms with Crippen LogP contribution in [0.5, 0.6) is 17.2 Å². The summed E-state index contributed by atoms with van der Waals surface area (Å²) >= 11 is 12.6. The lowest BCUT2D eigenvalue weighted by Crippen LogP contribution is -2.29. The van der Waals surface area contributed by atoms with Crippen LogP contribution in [0.15, 0.2) is 60.2 Å². The van der Waals surface area contributed by atoms with Gasteiger partial charge in [-0.15, -0.1) is 0 Å². The SMILES string of the molecule is COc1c(Cl)cc(/C(O)=C2\C(=O)C(=O)N(c3ccc4c(c3)OCCO4)C2c2ccc(N(C)C)cc2)cc1Cl. The normalized spacial score (nSPS) is 18.0. The van der Waals surface area contributed by atoms with Crippen molar-refractivity contribution in [2.45, 2.75) is 6.04 Å². The van der Waals surface area contributed by atoms with Gasteiger partial charge in [-0.3, -0.25) is 14.5 Å². The minimum atomic E-state index is -0.937. The molecule has 2 heterocycles. The molecule has 1 amide bonds. The van der Waals surface area contributed by atoms with Gasteiger partial charge in [-0.05, 0) is 42.0 Å². The Bertz CT molecular complexity index is 1450. The molecule has 0 saturated carbocycles. The fourth-order valence-electron chi connectivity index (χ4n) is 4.60. The lowest BCUT2D eigenvalue weighted by Gasteiger charge is -2.27. The summed E-state index contributed by atoms with van der Waals surface area (Å²) in [6.07, 6.45) is 0. The Morgan fingerprint density at radius 3 is 2.21 bits per heavy atom. The summed E-state index contributed by atoms with van der Waals surface area (Å²) in [5.74, 6) is -0.802. The first-order valence-corrected chi connectivity index (χ1v) is 12.5. The number of anilines is 2. The van der Waals surface area contributed by atoms with Crippen molar-refractivity contribution < 1.29 is 28.9 Å². The molecule has 1 N–H and O–H groups in total. The van der Waals surface area contributed by atoms with Crippen LogP contribution < -0.4 is 24.0 Å². The number of halogens is 2. The number of aliphatic hydroxyl groups excluding tert-OH is 1. The third kappa shape index (κ3) is 4.40. The first kappa shape index (κ1) is 25.8. The predicted molar refractivity (Wildman–Crippen MR) is 146 cm³/mol. The third-order valence-electron chi connectivity index (χ3n) is 6.45. The number of fused-ring (bicyclic) bond motifs is 1. The number of benzene rings is 3. The standard InChI is InChI=1S/C28H24Cl2N2O6/c1-31(2)17-6-4-15(5-7-17)24-23(25(33)16-12-19(29)27(36-3)20(30)13-16)26(34)28(35)32(24)18-8-9-21-22(14-18)38-11-10-37-21/h4-9,12-14,24,33H,10-11H2,1-3H3/b25-23+. The second kappa shape index (κ2) is 10.1. The maximum atomic E-state index is 13.5. The van der Waals surface area contributed by atoms with Crippen LogP contribution in [0.25, 0.3) is 5.76 Å². The smallest absolute Gasteiger partial charge is 0.300 e. The first-order valence-electron chi connectivity index (χ1n) is 11.7. The number of hydrogen-bond donors (Lipinski definition) is 1. The van der Waals surface area contributed by atoms with E-state index >= 15 is 0 Å². The Labute approximate surface area is 229 Å². The van der Waals surface area contributed by atoms with E-state index in [0.717, 1.165) is 5.69 Å². The van der Waals surface area contributed by atoms with Gasteiger partial charge in [0.2, 0.25) is 0 Å². The van der Waals surface area contributed by atoms with Crippen molar-refractivity contribution in [3.63, 3.8) is 0 Å². The molecule has 8 nitrogen and oxygen atoms in total. The minimum Gasteiger partial charge on any atom is -0.507 e. The van der Waals surface area contributed by atoms with Gasteiger partial charge in [-0.2, -0.15) is 0 Å². The van der Waals surface area contributed by atoms with Crippen LogP contribution in [0.2, 0.25) is 10.0 Å². The third-order valence-corrected chi connectivity index (χ3v) is 7.01. The van der Waals surface area contributed by atoms with Crippen molar-refractivity contribution in [3.8, 4) is 17.2 Å². The molecular weight excluding hydrogens is 531 g/mol. The molecule has 3 aromatic rings. The molecular formula is C28H24Cl2N2O6. The number of carbonyl (C=O) groups is 2. The zero-order valence-electron chi connectivity index (χ0n) is 20.8. The lowest BCUT2D eigenvalue weighted by molar-refractivity contribution is -0.132. The van der Waals surface area contributed by atoms with E-state index in [2.05, 4.69) is 0 Å². The summed E-state index contributed by atoms with van der Waals surface area (Å²) in [7, 11) is 5.24. The van der Waals surface area contributed by atoms with Crippen LogP contribution in [0.1, 0.15) is 17.2 Å². The maximum absolute atomic E-state index is 13.5. The van der Waals surface area contributed by atoms with Gasteiger partial charge in [0.15, 0.2) is 17.2 Å². The van der Waals surface area contributed by atoms with Crippen LogP contribution >= 0.6 is 23.2 Å². The summed E-state index contributed by atoms with van der Waals surface area (Å²) in [6, 6.07) is 14.4. The molecule has 10 heteroatoms. The molecule has 1 fully saturated rings. The number of Topliss-reactive ketones (excluding diaryl/α,β-unsaturated/α-hetero) is 1. The van der Waals surface area contributed by atoms with E-state index < -0.39 is 23.5 Å². The lowest BCUT2D eigenvalue weighted by atomic mass is 9.94. The van der Waals surface area contributed by atoms with Crippen molar-refractivity contribution in [2.24, 2.45) is 0 Å². The molecule has 5 rings (SSSR count). The summed E-state index contributed by atoms with van der Waals surface area (Å²) in [5.41, 5.74) is 2.05. The van der Waals surface area contributed by atoms with Gasteiger partial charge in [0.25, 0.3) is 11.7 Å². The van der Waals surface area contributed by atoms with E-state index in [1.165, 1.54) is 24.1 Å². The molecule has 2 aliphatic heterocycles. The van der Waals surface area contributed by atoms with Gasteiger partial charge < -0.3 is 24.2 Å². The molecule has 38 heavy (non-hydrogen) atoms. The molecule has 0 radical (unpaired) electrons. The Hall–Kier alpha value is -3.88. The van der Waals surface area contributed by atoms with Gasteiger partial charge in [0, 0.05) is 37.1 Å². The Kier molecular flexibility index (Phi) is 6.86. The van der Waals surface area contributed by atoms with Crippen LogP contribution in [0.4, 0.5) is 11.4 Å². The molecule has 196 valence electrons. The zero-order chi connectivity index (χ0) is 27.1. The van der Waals surface area contributed by atoms with Gasteiger partial charge >= 0.3 is 0 Å². The second-order valence-corrected chi connectivity index (χ2v) is 9.77. The molecule has 1 unspecified atom stereocenters. The van der Waals surface area contributed by atoms with E-state index in [9.17, 15) is 14.7 Å². The van der Waals surface area contributed by atoms with Crippen LogP contribution in [0.3, 0.4) is 0 Å². The van der Waals surface area contributed by atoms with Gasteiger partial charge in [-0.25, -0.2) is 0 Å². The Balaban J connectivity index is 1.70. The van der Waals surface area contributed by atoms with E-state index in [4.69, 9.17) is 37.4 Å². The molecule has 2 aliphatic rings. The van der Waals surface area contributed by atoms with Crippen LogP contribution in [-0.2, 0) is 9.59 Å². The van der Waals surface area contributed by atoms with E-state index in [1.807, 2.05) is 43.3 Å². The molecule has 1 saturated heterocycles. The average Bonchev–Trinajstić information content (AvgIpc) is 3.17. The average molecular weight is 555 g/mol. The van der Waals surface area contributed by atoms with E-state index in [-0.39, 0.29) is 26.9 Å².